The Balaban J connectivity index is 1.67. The van der Waals surface area contributed by atoms with E-state index in [1.54, 1.807) is 0 Å². The second-order valence-corrected chi connectivity index (χ2v) is 10.2. The number of ether oxygens (including phenoxy) is 4. The number of aromatic hydroxyl groups is 3. The molecule has 0 unspecified atom stereocenters. The molecule has 2 fully saturated rings. The zero-order valence-electron chi connectivity index (χ0n) is 22.3. The molecule has 2 saturated heterocycles. The molecule has 16 heteroatoms. The van der Waals surface area contributed by atoms with Crippen LogP contribution >= 0.6 is 0 Å². The van der Waals surface area contributed by atoms with Crippen LogP contribution in [-0.2, 0) is 9.47 Å². The molecule has 0 saturated carbocycles. The van der Waals surface area contributed by atoms with Crippen molar-refractivity contribution in [3.63, 3.8) is 0 Å². The highest BCUT2D eigenvalue weighted by Gasteiger charge is 2.47. The molecule has 0 radical (unpaired) electrons. The van der Waals surface area contributed by atoms with Crippen LogP contribution in [0.15, 0.2) is 39.5 Å². The minimum Gasteiger partial charge on any atom is -0.508 e. The van der Waals surface area contributed by atoms with Gasteiger partial charge in [0, 0.05) is 11.6 Å². The molecule has 0 aliphatic carbocycles. The van der Waals surface area contributed by atoms with Crippen LogP contribution in [0, 0.1) is 0 Å². The number of phenols is 3. The Labute approximate surface area is 241 Å². The number of phenolic OH excluding ortho intramolecular Hbond substituents is 3. The SMILES string of the molecule is C[C@H]1O[C@H](Oc2c(O)c(O[C@@H]3O[C@H](CO)[C@H](O)[C@H](O)[C@H]3O)c3oc(-c4ccc(O)cc4)cc(=O)c3c2O)[C@@H](O)[C@@H](O)[C@@H]1O. The first-order chi connectivity index (χ1) is 20.3. The van der Waals surface area contributed by atoms with Gasteiger partial charge in [-0.05, 0) is 31.2 Å². The van der Waals surface area contributed by atoms with Crippen molar-refractivity contribution >= 4 is 11.0 Å². The van der Waals surface area contributed by atoms with E-state index in [9.17, 15) is 55.9 Å². The van der Waals surface area contributed by atoms with Gasteiger partial charge >= 0.3 is 0 Å². The molecule has 0 amide bonds. The van der Waals surface area contributed by atoms with Gasteiger partial charge in [-0.15, -0.1) is 0 Å². The first-order valence-electron chi connectivity index (χ1n) is 13.0. The molecule has 3 heterocycles. The Kier molecular flexibility index (Phi) is 8.41. The van der Waals surface area contributed by atoms with E-state index >= 15 is 0 Å². The van der Waals surface area contributed by atoms with Gasteiger partial charge in [0.25, 0.3) is 0 Å². The van der Waals surface area contributed by atoms with Crippen LogP contribution in [0.5, 0.6) is 28.7 Å². The quantitative estimate of drug-likeness (QED) is 0.144. The zero-order chi connectivity index (χ0) is 31.3. The molecule has 2 aliphatic rings. The third-order valence-corrected chi connectivity index (χ3v) is 7.31. The van der Waals surface area contributed by atoms with E-state index < -0.39 is 107 Å². The highest BCUT2D eigenvalue weighted by atomic mass is 16.7. The standard InChI is InChI=1S/C27H30O16/c1-8-15(31)18(34)20(36)26(39-8)42-24-17(33)14-11(30)6-12(9-2-4-10(29)5-3-9)40-23(14)25(22(24)38)43-27-21(37)19(35)16(32)13(7-28)41-27/h2-6,8,13,15-16,18-21,26-29,31-38H,7H2,1H3/t8-,13-,15-,16+,18+,19+,20+,21-,26-,27+/m1/s1. The summed E-state index contributed by atoms with van der Waals surface area (Å²) >= 11 is 0. The van der Waals surface area contributed by atoms with Crippen molar-refractivity contribution in [2.75, 3.05) is 6.61 Å². The zero-order valence-corrected chi connectivity index (χ0v) is 22.3. The molecule has 2 aliphatic heterocycles. The molecule has 1 aromatic heterocycles. The first-order valence-corrected chi connectivity index (χ1v) is 13.0. The number of rotatable bonds is 6. The van der Waals surface area contributed by atoms with Gasteiger partial charge in [0.2, 0.25) is 29.8 Å². The Hall–Kier alpha value is -3.71. The fourth-order valence-corrected chi connectivity index (χ4v) is 4.81. The van der Waals surface area contributed by atoms with Crippen LogP contribution in [0.4, 0.5) is 0 Å². The summed E-state index contributed by atoms with van der Waals surface area (Å²) < 4.78 is 27.7. The normalized spacial score (nSPS) is 32.9. The van der Waals surface area contributed by atoms with Crippen molar-refractivity contribution in [3.8, 4) is 40.1 Å². The lowest BCUT2D eigenvalue weighted by Crippen LogP contribution is -2.60. The average molecular weight is 611 g/mol. The van der Waals surface area contributed by atoms with Gasteiger partial charge in [-0.1, -0.05) is 0 Å². The lowest BCUT2D eigenvalue weighted by molar-refractivity contribution is -0.277. The third kappa shape index (κ3) is 5.44. The molecule has 43 heavy (non-hydrogen) atoms. The number of aliphatic hydroxyl groups is 7. The van der Waals surface area contributed by atoms with Crippen LogP contribution in [0.1, 0.15) is 6.92 Å². The number of hydrogen-bond donors (Lipinski definition) is 10. The maximum absolute atomic E-state index is 13.3. The Bertz CT molecular complexity index is 1520. The number of aliphatic hydroxyl groups excluding tert-OH is 7. The number of fused-ring (bicyclic) bond motifs is 1. The molecule has 16 nitrogen and oxygen atoms in total. The lowest BCUT2D eigenvalue weighted by Gasteiger charge is -2.40. The molecule has 5 rings (SSSR count). The summed E-state index contributed by atoms with van der Waals surface area (Å²) in [6, 6.07) is 6.38. The summed E-state index contributed by atoms with van der Waals surface area (Å²) in [4.78, 5) is 13.3. The van der Waals surface area contributed by atoms with Gasteiger partial charge in [0.15, 0.2) is 16.8 Å². The highest BCUT2D eigenvalue weighted by Crippen LogP contribution is 2.51. The maximum Gasteiger partial charge on any atom is 0.229 e. The predicted molar refractivity (Wildman–Crippen MR) is 140 cm³/mol. The smallest absolute Gasteiger partial charge is 0.229 e. The topological polar surface area (TPSA) is 269 Å². The van der Waals surface area contributed by atoms with Crippen molar-refractivity contribution in [1.29, 1.82) is 0 Å². The molecular weight excluding hydrogens is 580 g/mol. The van der Waals surface area contributed by atoms with Crippen LogP contribution in [0.2, 0.25) is 0 Å². The van der Waals surface area contributed by atoms with Crippen molar-refractivity contribution < 1.29 is 74.4 Å². The highest BCUT2D eigenvalue weighted by molar-refractivity contribution is 5.95. The van der Waals surface area contributed by atoms with Gasteiger partial charge in [0.1, 0.15) is 59.6 Å². The summed E-state index contributed by atoms with van der Waals surface area (Å²) in [5.41, 5.74) is -1.24. The fraction of sp³-hybridized carbons (Fsp3) is 0.444. The van der Waals surface area contributed by atoms with Crippen molar-refractivity contribution in [3.05, 3.63) is 40.6 Å². The first kappa shape index (κ1) is 30.7. The largest absolute Gasteiger partial charge is 0.508 e. The van der Waals surface area contributed by atoms with Crippen LogP contribution in [-0.4, -0.2) is 119 Å². The van der Waals surface area contributed by atoms with E-state index in [0.717, 1.165) is 6.07 Å². The fourth-order valence-electron chi connectivity index (χ4n) is 4.81. The van der Waals surface area contributed by atoms with Gasteiger partial charge in [-0.2, -0.15) is 0 Å². The van der Waals surface area contributed by atoms with Crippen molar-refractivity contribution in [1.82, 2.24) is 0 Å². The Morgan fingerprint density at radius 3 is 1.95 bits per heavy atom. The van der Waals surface area contributed by atoms with E-state index in [1.807, 2.05) is 0 Å². The Morgan fingerprint density at radius 2 is 1.33 bits per heavy atom. The van der Waals surface area contributed by atoms with Gasteiger partial charge in [0.05, 0.1) is 12.7 Å². The summed E-state index contributed by atoms with van der Waals surface area (Å²) in [5.74, 6) is -4.00. The molecule has 3 aromatic rings. The van der Waals surface area contributed by atoms with Gasteiger partial charge < -0.3 is 74.4 Å². The molecule has 10 atom stereocenters. The van der Waals surface area contributed by atoms with Gasteiger partial charge in [-0.3, -0.25) is 4.79 Å². The second kappa shape index (κ2) is 11.8. The predicted octanol–water partition coefficient (Wildman–Crippen LogP) is -2.04. The molecule has 0 bridgehead atoms. The molecule has 0 spiro atoms. The van der Waals surface area contributed by atoms with E-state index in [0.29, 0.717) is 0 Å². The molecule has 2 aromatic carbocycles. The minimum atomic E-state index is -1.97. The average Bonchev–Trinajstić information content (AvgIpc) is 2.98. The van der Waals surface area contributed by atoms with Gasteiger partial charge in [-0.25, -0.2) is 0 Å². The summed E-state index contributed by atoms with van der Waals surface area (Å²) in [7, 11) is 0. The summed E-state index contributed by atoms with van der Waals surface area (Å²) in [6.45, 7) is 0.536. The second-order valence-electron chi connectivity index (χ2n) is 10.2. The van der Waals surface area contributed by atoms with E-state index in [1.165, 1.54) is 31.2 Å². The number of hydrogen-bond acceptors (Lipinski definition) is 16. The third-order valence-electron chi connectivity index (χ3n) is 7.31. The summed E-state index contributed by atoms with van der Waals surface area (Å²) in [5, 5.41) is 102. The van der Waals surface area contributed by atoms with E-state index in [-0.39, 0.29) is 17.1 Å². The molecule has 234 valence electrons. The molecule has 10 N–H and O–H groups in total. The van der Waals surface area contributed by atoms with Crippen LogP contribution in [0.3, 0.4) is 0 Å². The maximum atomic E-state index is 13.3. The van der Waals surface area contributed by atoms with Crippen molar-refractivity contribution in [2.24, 2.45) is 0 Å². The van der Waals surface area contributed by atoms with E-state index in [4.69, 9.17) is 23.4 Å². The van der Waals surface area contributed by atoms with Crippen molar-refractivity contribution in [2.45, 2.75) is 68.3 Å². The molecular formula is C27H30O16. The lowest BCUT2D eigenvalue weighted by atomic mass is 9.99. The monoisotopic (exact) mass is 610 g/mol. The van der Waals surface area contributed by atoms with Crippen LogP contribution in [0.25, 0.3) is 22.3 Å². The Morgan fingerprint density at radius 1 is 0.744 bits per heavy atom. The van der Waals surface area contributed by atoms with E-state index in [2.05, 4.69) is 0 Å². The minimum absolute atomic E-state index is 0.0883. The van der Waals surface area contributed by atoms with Crippen LogP contribution < -0.4 is 14.9 Å². The summed E-state index contributed by atoms with van der Waals surface area (Å²) in [6.07, 6.45) is -17.0. The number of benzene rings is 2.